The van der Waals surface area contributed by atoms with Crippen LogP contribution in [0.3, 0.4) is 0 Å². The highest BCUT2D eigenvalue weighted by Gasteiger charge is 2.41. The summed E-state index contributed by atoms with van der Waals surface area (Å²) in [4.78, 5) is 3.69. The lowest BCUT2D eigenvalue weighted by Crippen LogP contribution is -2.21. The normalized spacial score (nSPS) is 25.6. The molecular weight excluding hydrogens is 337 g/mol. The molecule has 3 N–H and O–H groups in total. The lowest BCUT2D eigenvalue weighted by molar-refractivity contribution is -0.00535. The van der Waals surface area contributed by atoms with Crippen molar-refractivity contribution in [2.24, 2.45) is 0 Å². The molecule has 2 fully saturated rings. The number of anilines is 1. The number of alkyl halides is 2. The maximum atomic E-state index is 13.7. The van der Waals surface area contributed by atoms with Crippen LogP contribution in [0, 0.1) is 5.82 Å². The molecule has 1 saturated carbocycles. The van der Waals surface area contributed by atoms with Crippen LogP contribution >= 0.6 is 0 Å². The largest absolute Gasteiger partial charge is 0.391 e. The first-order valence-electron chi connectivity index (χ1n) is 8.29. The molecular formula is C16H21F3N4O2. The third-order valence-electron chi connectivity index (χ3n) is 4.47. The van der Waals surface area contributed by atoms with E-state index in [2.05, 4.69) is 10.1 Å². The van der Waals surface area contributed by atoms with Crippen LogP contribution in [0.25, 0.3) is 5.52 Å². The highest BCUT2D eigenvalue weighted by molar-refractivity contribution is 5.50. The van der Waals surface area contributed by atoms with Crippen LogP contribution in [0.15, 0.2) is 12.3 Å². The van der Waals surface area contributed by atoms with Crippen molar-refractivity contribution in [1.29, 1.82) is 0 Å². The molecule has 1 aliphatic carbocycles. The van der Waals surface area contributed by atoms with Gasteiger partial charge < -0.3 is 15.6 Å². The molecule has 138 valence electrons. The van der Waals surface area contributed by atoms with Gasteiger partial charge in [-0.05, 0) is 25.3 Å². The standard InChI is InChI=1S/C11H11F3N4.C5H10O2/c12-7-3-8(6-1-2-11(13,14)4-6)18-9(7)5-16-10(15)17-18;6-5-2-1-3-7-4-5/h3,5-6H,1-2,4H2,(H2,15,17);5-6H,1-4H2. The van der Waals surface area contributed by atoms with Crippen LogP contribution in [-0.4, -0.2) is 44.9 Å². The summed E-state index contributed by atoms with van der Waals surface area (Å²) in [7, 11) is 0. The number of halogens is 3. The van der Waals surface area contributed by atoms with Gasteiger partial charge in [-0.2, -0.15) is 0 Å². The van der Waals surface area contributed by atoms with Crippen molar-refractivity contribution in [3.8, 4) is 0 Å². The minimum Gasteiger partial charge on any atom is -0.391 e. The molecule has 2 atom stereocenters. The van der Waals surface area contributed by atoms with Gasteiger partial charge in [0.1, 0.15) is 5.52 Å². The van der Waals surface area contributed by atoms with Crippen molar-refractivity contribution in [1.82, 2.24) is 14.6 Å². The molecule has 6 nitrogen and oxygen atoms in total. The van der Waals surface area contributed by atoms with Crippen molar-refractivity contribution >= 4 is 11.5 Å². The van der Waals surface area contributed by atoms with Gasteiger partial charge in [-0.3, -0.25) is 0 Å². The topological polar surface area (TPSA) is 85.7 Å². The van der Waals surface area contributed by atoms with Crippen LogP contribution in [0.5, 0.6) is 0 Å². The molecule has 0 amide bonds. The van der Waals surface area contributed by atoms with Crippen molar-refractivity contribution < 1.29 is 23.0 Å². The van der Waals surface area contributed by atoms with E-state index in [0.29, 0.717) is 18.7 Å². The Bertz CT molecular complexity index is 731. The van der Waals surface area contributed by atoms with Gasteiger partial charge in [-0.1, -0.05) is 0 Å². The number of nitrogens with zero attached hydrogens (tertiary/aromatic N) is 3. The van der Waals surface area contributed by atoms with Gasteiger partial charge in [0.05, 0.1) is 18.9 Å². The molecule has 1 saturated heterocycles. The number of hydrogen-bond acceptors (Lipinski definition) is 5. The van der Waals surface area contributed by atoms with Crippen LogP contribution in [0.1, 0.15) is 43.7 Å². The van der Waals surface area contributed by atoms with Gasteiger partial charge in [0, 0.05) is 31.1 Å². The zero-order valence-electron chi connectivity index (χ0n) is 13.7. The van der Waals surface area contributed by atoms with E-state index in [1.165, 1.54) is 16.8 Å². The first kappa shape index (κ1) is 17.9. The van der Waals surface area contributed by atoms with Gasteiger partial charge in [0.25, 0.3) is 0 Å². The molecule has 0 aromatic carbocycles. The van der Waals surface area contributed by atoms with Crippen LogP contribution < -0.4 is 5.73 Å². The fraction of sp³-hybridized carbons (Fsp3) is 0.625. The number of rotatable bonds is 1. The van der Waals surface area contributed by atoms with E-state index >= 15 is 0 Å². The summed E-state index contributed by atoms with van der Waals surface area (Å²) in [6.07, 6.45) is 2.88. The summed E-state index contributed by atoms with van der Waals surface area (Å²) in [5.74, 6) is -3.60. The molecule has 2 unspecified atom stereocenters. The van der Waals surface area contributed by atoms with Crippen LogP contribution in [0.4, 0.5) is 19.1 Å². The molecule has 2 aromatic heterocycles. The second-order valence-corrected chi connectivity index (χ2v) is 6.50. The molecule has 0 radical (unpaired) electrons. The van der Waals surface area contributed by atoms with Gasteiger partial charge >= 0.3 is 0 Å². The van der Waals surface area contributed by atoms with E-state index < -0.39 is 17.7 Å². The molecule has 0 spiro atoms. The Kier molecular flexibility index (Phi) is 5.14. The Morgan fingerprint density at radius 1 is 1.36 bits per heavy atom. The second-order valence-electron chi connectivity index (χ2n) is 6.50. The zero-order chi connectivity index (χ0) is 18.0. The Labute approximate surface area is 142 Å². The lowest BCUT2D eigenvalue weighted by Gasteiger charge is -2.15. The number of aliphatic hydroxyl groups is 1. The van der Waals surface area contributed by atoms with E-state index in [0.717, 1.165) is 19.4 Å². The summed E-state index contributed by atoms with van der Waals surface area (Å²) >= 11 is 0. The van der Waals surface area contributed by atoms with E-state index in [1.807, 2.05) is 0 Å². The summed E-state index contributed by atoms with van der Waals surface area (Å²) in [5, 5.41) is 12.7. The highest BCUT2D eigenvalue weighted by Crippen LogP contribution is 2.44. The van der Waals surface area contributed by atoms with Gasteiger partial charge in [0.15, 0.2) is 5.82 Å². The summed E-state index contributed by atoms with van der Waals surface area (Å²) in [6, 6.07) is 1.25. The average Bonchev–Trinajstić information content (AvgIpc) is 3.08. The molecule has 0 bridgehead atoms. The molecule has 4 rings (SSSR count). The molecule has 3 heterocycles. The molecule has 2 aliphatic rings. The van der Waals surface area contributed by atoms with E-state index in [1.54, 1.807) is 0 Å². The maximum absolute atomic E-state index is 13.7. The Balaban J connectivity index is 0.000000219. The first-order chi connectivity index (χ1) is 11.9. The maximum Gasteiger partial charge on any atom is 0.248 e. The second kappa shape index (κ2) is 7.17. The van der Waals surface area contributed by atoms with E-state index in [9.17, 15) is 13.2 Å². The zero-order valence-corrected chi connectivity index (χ0v) is 13.7. The summed E-state index contributed by atoms with van der Waals surface area (Å²) < 4.78 is 46.3. The van der Waals surface area contributed by atoms with Gasteiger partial charge in [0.2, 0.25) is 11.9 Å². The lowest BCUT2D eigenvalue weighted by atomic mass is 10.0. The number of aliphatic hydroxyl groups excluding tert-OH is 1. The highest BCUT2D eigenvalue weighted by atomic mass is 19.3. The molecule has 1 aliphatic heterocycles. The monoisotopic (exact) mass is 358 g/mol. The van der Waals surface area contributed by atoms with Crippen molar-refractivity contribution in [3.63, 3.8) is 0 Å². The minimum atomic E-state index is -2.68. The Morgan fingerprint density at radius 2 is 2.16 bits per heavy atom. The first-order valence-corrected chi connectivity index (χ1v) is 8.29. The van der Waals surface area contributed by atoms with Crippen LogP contribution in [0.2, 0.25) is 0 Å². The SMILES string of the molecule is Nc1ncc2c(F)cc(C3CCC(F)(F)C3)n2n1.OC1CCCOC1. The average molecular weight is 358 g/mol. The van der Waals surface area contributed by atoms with Crippen molar-refractivity contribution in [3.05, 3.63) is 23.8 Å². The van der Waals surface area contributed by atoms with Crippen LogP contribution in [-0.2, 0) is 4.74 Å². The number of hydrogen-bond donors (Lipinski definition) is 2. The number of ether oxygens (including phenoxy) is 1. The van der Waals surface area contributed by atoms with E-state index in [-0.39, 0.29) is 30.4 Å². The van der Waals surface area contributed by atoms with Gasteiger partial charge in [-0.15, -0.1) is 5.10 Å². The number of aromatic nitrogens is 3. The Morgan fingerprint density at radius 3 is 2.72 bits per heavy atom. The fourth-order valence-electron chi connectivity index (χ4n) is 3.21. The predicted octanol–water partition coefficient (Wildman–Crippen LogP) is 2.51. The number of fused-ring (bicyclic) bond motifs is 1. The Hall–Kier alpha value is -1.87. The van der Waals surface area contributed by atoms with E-state index in [4.69, 9.17) is 15.6 Å². The predicted molar refractivity (Wildman–Crippen MR) is 85.0 cm³/mol. The van der Waals surface area contributed by atoms with Gasteiger partial charge in [-0.25, -0.2) is 22.7 Å². The molecule has 25 heavy (non-hydrogen) atoms. The number of nitrogen functional groups attached to an aromatic ring is 1. The van der Waals surface area contributed by atoms with Crippen molar-refractivity contribution in [2.45, 2.75) is 50.0 Å². The quantitative estimate of drug-likeness (QED) is 0.818. The number of nitrogens with two attached hydrogens (primary N) is 1. The molecule has 9 heteroatoms. The minimum absolute atomic E-state index is 0.0101. The summed E-state index contributed by atoms with van der Waals surface area (Å²) in [5.41, 5.74) is 6.04. The third-order valence-corrected chi connectivity index (χ3v) is 4.47. The smallest absolute Gasteiger partial charge is 0.248 e. The third kappa shape index (κ3) is 4.21. The summed E-state index contributed by atoms with van der Waals surface area (Å²) in [6.45, 7) is 1.37. The fourth-order valence-corrected chi connectivity index (χ4v) is 3.21. The molecule has 2 aromatic rings. The van der Waals surface area contributed by atoms with Crippen molar-refractivity contribution in [2.75, 3.05) is 18.9 Å².